The molecule has 4 rings (SSSR count). The molecule has 4 nitrogen and oxygen atoms in total. The van der Waals surface area contributed by atoms with Crippen LogP contribution in [0.4, 0.5) is 0 Å². The third-order valence-corrected chi connectivity index (χ3v) is 4.34. The van der Waals surface area contributed by atoms with E-state index in [1.165, 1.54) is 25.9 Å². The molecule has 1 aromatic rings. The third kappa shape index (κ3) is 2.55. The highest BCUT2D eigenvalue weighted by molar-refractivity contribution is 5.43. The number of benzene rings is 1. The van der Waals surface area contributed by atoms with E-state index in [2.05, 4.69) is 4.90 Å². The number of nitrogens with zero attached hydrogens (tertiary/aromatic N) is 1. The molecule has 0 aliphatic carbocycles. The summed E-state index contributed by atoms with van der Waals surface area (Å²) in [6.07, 6.45) is 2.80. The predicted molar refractivity (Wildman–Crippen MR) is 74.5 cm³/mol. The lowest BCUT2D eigenvalue weighted by molar-refractivity contribution is -0.00886. The van der Waals surface area contributed by atoms with Crippen molar-refractivity contribution in [2.45, 2.75) is 25.5 Å². The summed E-state index contributed by atoms with van der Waals surface area (Å²) in [4.78, 5) is 2.49. The van der Waals surface area contributed by atoms with Crippen molar-refractivity contribution in [3.63, 3.8) is 0 Å². The average molecular weight is 262 g/mol. The van der Waals surface area contributed by atoms with Crippen molar-refractivity contribution in [1.29, 1.82) is 0 Å². The molecule has 3 aliphatic heterocycles. The minimum atomic E-state index is 0.296. The average Bonchev–Trinajstić information content (AvgIpc) is 2.48. The van der Waals surface area contributed by atoms with Gasteiger partial charge in [-0.1, -0.05) is 6.07 Å². The van der Waals surface area contributed by atoms with Gasteiger partial charge in [0, 0.05) is 13.1 Å². The van der Waals surface area contributed by atoms with E-state index in [9.17, 15) is 0 Å². The number of ether oxygens (including phenoxy) is 2. The van der Waals surface area contributed by atoms with Crippen LogP contribution >= 0.6 is 0 Å². The quantitative estimate of drug-likeness (QED) is 0.896. The summed E-state index contributed by atoms with van der Waals surface area (Å²) in [5, 5.41) is 0. The number of hydrogen-bond donors (Lipinski definition) is 1. The Balaban J connectivity index is 1.78. The first-order valence-corrected chi connectivity index (χ1v) is 7.06. The number of nitrogens with two attached hydrogens (primary N) is 1. The van der Waals surface area contributed by atoms with E-state index in [-0.39, 0.29) is 0 Å². The van der Waals surface area contributed by atoms with Crippen molar-refractivity contribution in [2.75, 3.05) is 26.7 Å². The Morgan fingerprint density at radius 1 is 1.26 bits per heavy atom. The zero-order valence-electron chi connectivity index (χ0n) is 11.5. The monoisotopic (exact) mass is 262 g/mol. The molecule has 3 saturated heterocycles. The Hall–Kier alpha value is -1.26. The minimum Gasteiger partial charge on any atom is -0.493 e. The summed E-state index contributed by atoms with van der Waals surface area (Å²) >= 11 is 0. The summed E-state index contributed by atoms with van der Waals surface area (Å²) in [6.45, 7) is 4.02. The van der Waals surface area contributed by atoms with E-state index in [0.717, 1.165) is 23.6 Å². The van der Waals surface area contributed by atoms with Gasteiger partial charge in [0.15, 0.2) is 11.5 Å². The molecule has 0 aromatic heterocycles. The molecule has 0 spiro atoms. The molecule has 2 bridgehead atoms. The first-order valence-electron chi connectivity index (χ1n) is 7.06. The van der Waals surface area contributed by atoms with Crippen molar-refractivity contribution in [3.05, 3.63) is 23.8 Å². The summed E-state index contributed by atoms with van der Waals surface area (Å²) in [5.41, 5.74) is 6.78. The van der Waals surface area contributed by atoms with Gasteiger partial charge in [-0.25, -0.2) is 0 Å². The first kappa shape index (κ1) is 12.8. The fraction of sp³-hybridized carbons (Fsp3) is 0.600. The molecule has 0 saturated carbocycles. The van der Waals surface area contributed by atoms with Crippen molar-refractivity contribution in [2.24, 2.45) is 11.7 Å². The van der Waals surface area contributed by atoms with Crippen molar-refractivity contribution in [1.82, 2.24) is 4.90 Å². The number of fused-ring (bicyclic) bond motifs is 3. The summed E-state index contributed by atoms with van der Waals surface area (Å²) in [7, 11) is 1.68. The summed E-state index contributed by atoms with van der Waals surface area (Å²) < 4.78 is 11.6. The number of hydrogen-bond acceptors (Lipinski definition) is 4. The predicted octanol–water partition coefficient (Wildman–Crippen LogP) is 1.63. The number of methoxy groups -OCH3 is 1. The molecule has 4 heteroatoms. The maximum absolute atomic E-state index is 6.23. The van der Waals surface area contributed by atoms with Crippen LogP contribution in [0.5, 0.6) is 11.5 Å². The van der Waals surface area contributed by atoms with Crippen molar-refractivity contribution < 1.29 is 9.47 Å². The molecule has 19 heavy (non-hydrogen) atoms. The largest absolute Gasteiger partial charge is 0.493 e. The van der Waals surface area contributed by atoms with Gasteiger partial charge in [0.2, 0.25) is 0 Å². The van der Waals surface area contributed by atoms with Crippen LogP contribution in [-0.2, 0) is 6.54 Å². The summed E-state index contributed by atoms with van der Waals surface area (Å²) in [6, 6.07) is 5.94. The van der Waals surface area contributed by atoms with E-state index in [1.807, 2.05) is 18.2 Å². The number of rotatable bonds is 4. The summed E-state index contributed by atoms with van der Waals surface area (Å²) in [5.74, 6) is 2.33. The normalized spacial score (nSPS) is 29.3. The zero-order chi connectivity index (χ0) is 13.2. The first-order chi connectivity index (χ1) is 9.30. The van der Waals surface area contributed by atoms with Gasteiger partial charge in [-0.15, -0.1) is 0 Å². The zero-order valence-corrected chi connectivity index (χ0v) is 11.5. The lowest BCUT2D eigenvalue weighted by Gasteiger charge is -2.44. The Kier molecular flexibility index (Phi) is 3.62. The molecule has 104 valence electrons. The minimum absolute atomic E-state index is 0.296. The highest BCUT2D eigenvalue weighted by Crippen LogP contribution is 2.34. The Bertz CT molecular complexity index is 442. The van der Waals surface area contributed by atoms with Crippen LogP contribution in [0.3, 0.4) is 0 Å². The van der Waals surface area contributed by atoms with E-state index >= 15 is 0 Å². The van der Waals surface area contributed by atoms with Crippen LogP contribution < -0.4 is 15.2 Å². The van der Waals surface area contributed by atoms with Gasteiger partial charge >= 0.3 is 0 Å². The maximum Gasteiger partial charge on any atom is 0.161 e. The second-order valence-corrected chi connectivity index (χ2v) is 5.48. The van der Waals surface area contributed by atoms with Crippen LogP contribution in [0.1, 0.15) is 18.4 Å². The van der Waals surface area contributed by atoms with Crippen LogP contribution in [0.2, 0.25) is 0 Å². The van der Waals surface area contributed by atoms with Gasteiger partial charge in [-0.05, 0) is 49.5 Å². The SMILES string of the molecule is COc1ccc(CN)cc1OC1CN2CCC1CC2. The fourth-order valence-corrected chi connectivity index (χ4v) is 3.15. The van der Waals surface area contributed by atoms with Crippen LogP contribution in [0.15, 0.2) is 18.2 Å². The topological polar surface area (TPSA) is 47.7 Å². The maximum atomic E-state index is 6.23. The smallest absolute Gasteiger partial charge is 0.161 e. The standard InChI is InChI=1S/C15H22N2O2/c1-18-13-3-2-11(9-16)8-14(13)19-15-10-17-6-4-12(15)5-7-17/h2-3,8,12,15H,4-7,9-10,16H2,1H3. The molecule has 1 aromatic carbocycles. The lowest BCUT2D eigenvalue weighted by atomic mass is 9.86. The van der Waals surface area contributed by atoms with Crippen molar-refractivity contribution >= 4 is 0 Å². The highest BCUT2D eigenvalue weighted by atomic mass is 16.5. The van der Waals surface area contributed by atoms with Gasteiger partial charge < -0.3 is 15.2 Å². The van der Waals surface area contributed by atoms with Gasteiger partial charge in [0.1, 0.15) is 6.10 Å². The molecule has 1 atom stereocenters. The van der Waals surface area contributed by atoms with Gasteiger partial charge in [-0.2, -0.15) is 0 Å². The second-order valence-electron chi connectivity index (χ2n) is 5.48. The van der Waals surface area contributed by atoms with E-state index < -0.39 is 0 Å². The van der Waals surface area contributed by atoms with Gasteiger partial charge in [0.05, 0.1) is 7.11 Å². The Labute approximate surface area is 114 Å². The third-order valence-electron chi connectivity index (χ3n) is 4.34. The van der Waals surface area contributed by atoms with Gasteiger partial charge in [0.25, 0.3) is 0 Å². The van der Waals surface area contributed by atoms with Crippen molar-refractivity contribution in [3.8, 4) is 11.5 Å². The molecule has 3 heterocycles. The van der Waals surface area contributed by atoms with Crippen LogP contribution in [-0.4, -0.2) is 37.7 Å². The molecular formula is C15H22N2O2. The molecule has 2 N–H and O–H groups in total. The Morgan fingerprint density at radius 2 is 2.05 bits per heavy atom. The molecule has 3 aliphatic rings. The van der Waals surface area contributed by atoms with E-state index in [1.54, 1.807) is 7.11 Å². The molecule has 3 fully saturated rings. The molecular weight excluding hydrogens is 240 g/mol. The van der Waals surface area contributed by atoms with E-state index in [0.29, 0.717) is 18.6 Å². The molecule has 0 radical (unpaired) electrons. The number of piperidine rings is 3. The van der Waals surface area contributed by atoms with Crippen LogP contribution in [0.25, 0.3) is 0 Å². The highest BCUT2D eigenvalue weighted by Gasteiger charge is 2.35. The van der Waals surface area contributed by atoms with E-state index in [4.69, 9.17) is 15.2 Å². The lowest BCUT2D eigenvalue weighted by Crippen LogP contribution is -2.52. The second kappa shape index (κ2) is 5.39. The molecule has 1 unspecified atom stereocenters. The van der Waals surface area contributed by atoms with Crippen LogP contribution in [0, 0.1) is 5.92 Å². The Morgan fingerprint density at radius 3 is 2.63 bits per heavy atom. The van der Waals surface area contributed by atoms with Gasteiger partial charge in [-0.3, -0.25) is 4.90 Å². The fourth-order valence-electron chi connectivity index (χ4n) is 3.15. The molecule has 0 amide bonds.